The van der Waals surface area contributed by atoms with Gasteiger partial charge in [0.1, 0.15) is 17.0 Å². The SMILES string of the molecule is CC.Nc1ncccc1-c1nc2ccc(-c3ccc(C(F)(F)F)nc3)nc2n1-c1ccc(CCl)cc1. The Kier molecular flexibility index (Phi) is 7.21. The van der Waals surface area contributed by atoms with E-state index < -0.39 is 11.9 Å². The zero-order valence-electron chi connectivity index (χ0n) is 19.5. The van der Waals surface area contributed by atoms with E-state index in [4.69, 9.17) is 27.3 Å². The molecular weight excluding hydrogens is 489 g/mol. The van der Waals surface area contributed by atoms with Gasteiger partial charge in [0.25, 0.3) is 0 Å². The van der Waals surface area contributed by atoms with Gasteiger partial charge in [-0.3, -0.25) is 9.55 Å². The Hall–Kier alpha value is -3.98. The lowest BCUT2D eigenvalue weighted by Gasteiger charge is -2.11. The number of hydrogen-bond acceptors (Lipinski definition) is 5. The molecule has 0 aliphatic heterocycles. The van der Waals surface area contributed by atoms with Crippen LogP contribution < -0.4 is 5.73 Å². The van der Waals surface area contributed by atoms with Gasteiger partial charge in [-0.2, -0.15) is 13.2 Å². The summed E-state index contributed by atoms with van der Waals surface area (Å²) in [6.45, 7) is 4.00. The van der Waals surface area contributed by atoms with Gasteiger partial charge in [0.2, 0.25) is 0 Å². The van der Waals surface area contributed by atoms with Crippen LogP contribution in [0.2, 0.25) is 0 Å². The van der Waals surface area contributed by atoms with Gasteiger partial charge in [-0.05, 0) is 54.1 Å². The molecule has 1 aromatic carbocycles. The van der Waals surface area contributed by atoms with Gasteiger partial charge in [-0.25, -0.2) is 15.0 Å². The predicted molar refractivity (Wildman–Crippen MR) is 136 cm³/mol. The lowest BCUT2D eigenvalue weighted by molar-refractivity contribution is -0.141. The van der Waals surface area contributed by atoms with Gasteiger partial charge in [0.05, 0.1) is 11.3 Å². The molecule has 184 valence electrons. The molecule has 5 aromatic rings. The van der Waals surface area contributed by atoms with Gasteiger partial charge in [0.15, 0.2) is 11.5 Å². The summed E-state index contributed by atoms with van der Waals surface area (Å²) in [6, 6.07) is 16.9. The smallest absolute Gasteiger partial charge is 0.383 e. The zero-order valence-corrected chi connectivity index (χ0v) is 20.2. The van der Waals surface area contributed by atoms with E-state index in [0.29, 0.717) is 45.5 Å². The summed E-state index contributed by atoms with van der Waals surface area (Å²) in [4.78, 5) is 17.2. The fraction of sp³-hybridized carbons (Fsp3) is 0.154. The molecule has 5 rings (SSSR count). The first-order chi connectivity index (χ1) is 17.3. The summed E-state index contributed by atoms with van der Waals surface area (Å²) in [5, 5.41) is 0. The Balaban J connectivity index is 0.00000148. The van der Waals surface area contributed by atoms with Crippen LogP contribution >= 0.6 is 11.6 Å². The second kappa shape index (κ2) is 10.3. The highest BCUT2D eigenvalue weighted by molar-refractivity contribution is 6.17. The van der Waals surface area contributed by atoms with E-state index in [9.17, 15) is 13.2 Å². The number of fused-ring (bicyclic) bond motifs is 1. The molecule has 0 saturated carbocycles. The van der Waals surface area contributed by atoms with Crippen molar-refractivity contribution in [2.24, 2.45) is 0 Å². The quantitative estimate of drug-likeness (QED) is 0.266. The maximum Gasteiger partial charge on any atom is 0.433 e. The molecule has 10 heteroatoms. The molecule has 4 aromatic heterocycles. The number of alkyl halides is 4. The highest BCUT2D eigenvalue weighted by Crippen LogP contribution is 2.32. The number of nitrogen functional groups attached to an aromatic ring is 1. The Morgan fingerprint density at radius 3 is 2.28 bits per heavy atom. The van der Waals surface area contributed by atoms with Crippen molar-refractivity contribution >= 4 is 28.6 Å². The number of rotatable bonds is 4. The minimum absolute atomic E-state index is 0.309. The summed E-state index contributed by atoms with van der Waals surface area (Å²) in [5.41, 5.74) is 9.51. The maximum absolute atomic E-state index is 12.9. The first kappa shape index (κ1) is 25.1. The van der Waals surface area contributed by atoms with Gasteiger partial charge >= 0.3 is 6.18 Å². The van der Waals surface area contributed by atoms with Crippen LogP contribution in [0.5, 0.6) is 0 Å². The van der Waals surface area contributed by atoms with Gasteiger partial charge < -0.3 is 5.73 Å². The minimum atomic E-state index is -4.51. The molecule has 0 aliphatic carbocycles. The number of pyridine rings is 3. The predicted octanol–water partition coefficient (Wildman–Crippen LogP) is 6.91. The lowest BCUT2D eigenvalue weighted by atomic mass is 10.1. The van der Waals surface area contributed by atoms with Crippen LogP contribution in [0.25, 0.3) is 39.5 Å². The number of benzene rings is 1. The van der Waals surface area contributed by atoms with Crippen molar-refractivity contribution in [3.63, 3.8) is 0 Å². The average molecular weight is 511 g/mol. The highest BCUT2D eigenvalue weighted by Gasteiger charge is 2.32. The molecule has 0 amide bonds. The topological polar surface area (TPSA) is 82.5 Å². The zero-order chi connectivity index (χ0) is 25.9. The third-order valence-corrected chi connectivity index (χ3v) is 5.59. The Morgan fingerprint density at radius 2 is 1.67 bits per heavy atom. The summed E-state index contributed by atoms with van der Waals surface area (Å²) in [7, 11) is 0. The molecule has 4 heterocycles. The molecule has 0 saturated heterocycles. The van der Waals surface area contributed by atoms with E-state index in [-0.39, 0.29) is 0 Å². The molecule has 0 atom stereocenters. The number of anilines is 1. The number of nitrogens with zero attached hydrogens (tertiary/aromatic N) is 5. The molecule has 0 spiro atoms. The van der Waals surface area contributed by atoms with E-state index in [0.717, 1.165) is 23.5 Å². The first-order valence-corrected chi connectivity index (χ1v) is 11.7. The molecule has 0 bridgehead atoms. The molecule has 0 aliphatic rings. The fourth-order valence-electron chi connectivity index (χ4n) is 3.60. The van der Waals surface area contributed by atoms with E-state index in [1.807, 2.05) is 48.7 Å². The summed E-state index contributed by atoms with van der Waals surface area (Å²) < 4.78 is 40.6. The van der Waals surface area contributed by atoms with Crippen molar-refractivity contribution in [2.45, 2.75) is 25.9 Å². The summed E-state index contributed by atoms with van der Waals surface area (Å²) in [6.07, 6.45) is -1.76. The van der Waals surface area contributed by atoms with Gasteiger partial charge in [-0.15, -0.1) is 11.6 Å². The van der Waals surface area contributed by atoms with Crippen molar-refractivity contribution in [2.75, 3.05) is 5.73 Å². The van der Waals surface area contributed by atoms with E-state index in [1.165, 1.54) is 6.07 Å². The molecule has 0 radical (unpaired) electrons. The van der Waals surface area contributed by atoms with Crippen molar-refractivity contribution < 1.29 is 13.2 Å². The second-order valence-corrected chi connectivity index (χ2v) is 7.74. The van der Waals surface area contributed by atoms with Gasteiger partial charge in [0, 0.05) is 29.5 Å². The minimum Gasteiger partial charge on any atom is -0.383 e. The Bertz CT molecular complexity index is 1480. The number of imidazole rings is 1. The maximum atomic E-state index is 12.9. The fourth-order valence-corrected chi connectivity index (χ4v) is 3.78. The molecular formula is C26H22ClF3N6. The number of hydrogen-bond donors (Lipinski definition) is 1. The normalized spacial score (nSPS) is 11.3. The van der Waals surface area contributed by atoms with E-state index in [1.54, 1.807) is 24.4 Å². The molecule has 0 unspecified atom stereocenters. The number of aromatic nitrogens is 5. The number of nitrogens with two attached hydrogens (primary N) is 1. The van der Waals surface area contributed by atoms with E-state index in [2.05, 4.69) is 9.97 Å². The van der Waals surface area contributed by atoms with Crippen molar-refractivity contribution in [1.29, 1.82) is 0 Å². The van der Waals surface area contributed by atoms with Crippen LogP contribution in [-0.4, -0.2) is 24.5 Å². The van der Waals surface area contributed by atoms with Crippen LogP contribution in [0, 0.1) is 0 Å². The molecule has 2 N–H and O–H groups in total. The van der Waals surface area contributed by atoms with Crippen LogP contribution in [0.15, 0.2) is 73.1 Å². The summed E-state index contributed by atoms with van der Waals surface area (Å²) >= 11 is 5.94. The van der Waals surface area contributed by atoms with Crippen molar-refractivity contribution in [1.82, 2.24) is 24.5 Å². The average Bonchev–Trinajstić information content (AvgIpc) is 3.28. The van der Waals surface area contributed by atoms with E-state index >= 15 is 0 Å². The third-order valence-electron chi connectivity index (χ3n) is 5.28. The lowest BCUT2D eigenvalue weighted by Crippen LogP contribution is -2.07. The Morgan fingerprint density at radius 1 is 0.917 bits per heavy atom. The third kappa shape index (κ3) is 4.87. The Labute approximate surface area is 210 Å². The van der Waals surface area contributed by atoms with Crippen LogP contribution in [-0.2, 0) is 12.1 Å². The first-order valence-electron chi connectivity index (χ1n) is 11.1. The second-order valence-electron chi connectivity index (χ2n) is 7.48. The molecule has 36 heavy (non-hydrogen) atoms. The molecule has 6 nitrogen and oxygen atoms in total. The van der Waals surface area contributed by atoms with Crippen LogP contribution in [0.4, 0.5) is 19.0 Å². The van der Waals surface area contributed by atoms with Crippen LogP contribution in [0.3, 0.4) is 0 Å². The largest absolute Gasteiger partial charge is 0.433 e. The van der Waals surface area contributed by atoms with Gasteiger partial charge in [-0.1, -0.05) is 26.0 Å². The van der Waals surface area contributed by atoms with Crippen LogP contribution in [0.1, 0.15) is 25.1 Å². The highest BCUT2D eigenvalue weighted by atomic mass is 35.5. The standard InChI is InChI=1S/C24H16ClF3N6.C2H6/c25-12-14-3-6-16(7-4-14)34-22(17-2-1-11-30-21(17)29)33-19-9-8-18(32-23(19)34)15-5-10-20(31-13-15)24(26,27)28;1-2/h1-11,13H,12H2,(H2,29,30);1-2H3. The molecule has 0 fully saturated rings. The summed E-state index contributed by atoms with van der Waals surface area (Å²) in [5.74, 6) is 1.22. The van der Waals surface area contributed by atoms with Crippen molar-refractivity contribution in [3.05, 3.63) is 84.3 Å². The number of halogens is 4. The van der Waals surface area contributed by atoms with Crippen molar-refractivity contribution in [3.8, 4) is 28.3 Å². The monoisotopic (exact) mass is 510 g/mol.